The van der Waals surface area contributed by atoms with Crippen LogP contribution in [0.5, 0.6) is 11.5 Å². The molecule has 0 spiro atoms. The molecule has 0 fully saturated rings. The lowest BCUT2D eigenvalue weighted by atomic mass is 10.1. The number of hydrogen-bond acceptors (Lipinski definition) is 6. The highest BCUT2D eigenvalue weighted by molar-refractivity contribution is 7.92. The average molecular weight is 582 g/mol. The number of ether oxygens (including phenoxy) is 2. The summed E-state index contributed by atoms with van der Waals surface area (Å²) in [5.74, 6) is -0.210. The van der Waals surface area contributed by atoms with Crippen LogP contribution in [-0.2, 0) is 26.2 Å². The van der Waals surface area contributed by atoms with E-state index in [4.69, 9.17) is 9.47 Å². The Hall–Kier alpha value is -4.05. The number of benzene rings is 3. The minimum absolute atomic E-state index is 0.00715. The van der Waals surface area contributed by atoms with Gasteiger partial charge in [0.05, 0.1) is 24.8 Å². The average Bonchev–Trinajstić information content (AvgIpc) is 2.96. The Morgan fingerprint density at radius 1 is 0.927 bits per heavy atom. The molecule has 0 aliphatic heterocycles. The van der Waals surface area contributed by atoms with E-state index < -0.39 is 28.5 Å². The van der Waals surface area contributed by atoms with E-state index in [1.165, 1.54) is 37.3 Å². The van der Waals surface area contributed by atoms with Gasteiger partial charge in [-0.05, 0) is 62.6 Å². The maximum Gasteiger partial charge on any atom is 0.264 e. The van der Waals surface area contributed by atoms with Crippen molar-refractivity contribution in [2.24, 2.45) is 0 Å². The number of carbonyl (C=O) groups is 2. The fraction of sp³-hybridized carbons (Fsp3) is 0.355. The van der Waals surface area contributed by atoms with E-state index >= 15 is 0 Å². The first-order chi connectivity index (χ1) is 19.5. The summed E-state index contributed by atoms with van der Waals surface area (Å²) in [5, 5.41) is 2.90. The fourth-order valence-corrected chi connectivity index (χ4v) is 5.93. The van der Waals surface area contributed by atoms with Gasteiger partial charge in [0.1, 0.15) is 24.1 Å². The molecular formula is C31H39N3O6S. The topological polar surface area (TPSA) is 105 Å². The zero-order valence-electron chi connectivity index (χ0n) is 24.5. The van der Waals surface area contributed by atoms with E-state index in [0.717, 1.165) is 15.4 Å². The van der Waals surface area contributed by atoms with Crippen LogP contribution in [-0.4, -0.2) is 58.0 Å². The monoisotopic (exact) mass is 581 g/mol. The normalized spacial score (nSPS) is 12.0. The molecule has 0 radical (unpaired) electrons. The van der Waals surface area contributed by atoms with Crippen LogP contribution in [0.25, 0.3) is 0 Å². The maximum atomic E-state index is 14.2. The second-order valence-electron chi connectivity index (χ2n) is 9.90. The number of anilines is 1. The van der Waals surface area contributed by atoms with Crippen LogP contribution in [0, 0.1) is 6.92 Å². The molecule has 1 N–H and O–H groups in total. The van der Waals surface area contributed by atoms with E-state index in [-0.39, 0.29) is 34.8 Å². The van der Waals surface area contributed by atoms with Gasteiger partial charge in [-0.1, -0.05) is 49.4 Å². The lowest BCUT2D eigenvalue weighted by Crippen LogP contribution is -2.53. The number of nitrogens with zero attached hydrogens (tertiary/aromatic N) is 2. The second kappa shape index (κ2) is 14.0. The molecule has 1 atom stereocenters. The molecule has 0 heterocycles. The summed E-state index contributed by atoms with van der Waals surface area (Å²) in [7, 11) is -1.35. The first-order valence-corrected chi connectivity index (χ1v) is 14.9. The van der Waals surface area contributed by atoms with Crippen molar-refractivity contribution in [2.75, 3.05) is 25.1 Å². The van der Waals surface area contributed by atoms with Crippen LogP contribution < -0.4 is 19.1 Å². The SMILES string of the molecule is CC[C@@H](C(=O)NC(C)C)N(Cc1ccccc1C)C(=O)CN(c1cc(OC)ccc1OC)S(=O)(=O)c1ccccc1. The van der Waals surface area contributed by atoms with Crippen molar-refractivity contribution in [2.45, 2.75) is 57.6 Å². The summed E-state index contributed by atoms with van der Waals surface area (Å²) in [6.45, 7) is 7.01. The summed E-state index contributed by atoms with van der Waals surface area (Å²) in [6, 6.07) is 19.3. The van der Waals surface area contributed by atoms with Gasteiger partial charge >= 0.3 is 0 Å². The molecule has 0 aliphatic carbocycles. The van der Waals surface area contributed by atoms with E-state index in [1.54, 1.807) is 30.3 Å². The summed E-state index contributed by atoms with van der Waals surface area (Å²) in [4.78, 5) is 29.0. The Bertz CT molecular complexity index is 1440. The zero-order chi connectivity index (χ0) is 30.2. The van der Waals surface area contributed by atoms with Gasteiger partial charge in [0.2, 0.25) is 11.8 Å². The minimum atomic E-state index is -4.24. The number of sulfonamides is 1. The molecule has 41 heavy (non-hydrogen) atoms. The van der Waals surface area contributed by atoms with Gasteiger partial charge in [-0.25, -0.2) is 8.42 Å². The van der Waals surface area contributed by atoms with Crippen molar-refractivity contribution < 1.29 is 27.5 Å². The number of amides is 2. The van der Waals surface area contributed by atoms with E-state index in [1.807, 2.05) is 52.0 Å². The second-order valence-corrected chi connectivity index (χ2v) is 11.8. The number of aryl methyl sites for hydroxylation is 1. The Morgan fingerprint density at radius 3 is 2.17 bits per heavy atom. The third-order valence-electron chi connectivity index (χ3n) is 6.68. The van der Waals surface area contributed by atoms with Gasteiger partial charge in [0, 0.05) is 18.7 Å². The van der Waals surface area contributed by atoms with Crippen molar-refractivity contribution in [1.29, 1.82) is 0 Å². The third kappa shape index (κ3) is 7.58. The van der Waals surface area contributed by atoms with Crippen LogP contribution in [0.2, 0.25) is 0 Å². The molecule has 0 bridgehead atoms. The molecule has 3 aromatic carbocycles. The van der Waals surface area contributed by atoms with E-state index in [9.17, 15) is 18.0 Å². The fourth-order valence-electron chi connectivity index (χ4n) is 4.50. The smallest absolute Gasteiger partial charge is 0.264 e. The quantitative estimate of drug-likeness (QED) is 0.318. The lowest BCUT2D eigenvalue weighted by molar-refractivity contribution is -0.140. The molecule has 9 nitrogen and oxygen atoms in total. The Morgan fingerprint density at radius 2 is 1.59 bits per heavy atom. The van der Waals surface area contributed by atoms with Crippen LogP contribution in [0.3, 0.4) is 0 Å². The molecule has 10 heteroatoms. The molecule has 0 saturated heterocycles. The molecule has 0 aliphatic rings. The first kappa shape index (κ1) is 31.5. The van der Waals surface area contributed by atoms with Crippen molar-refractivity contribution in [3.63, 3.8) is 0 Å². The molecule has 0 unspecified atom stereocenters. The van der Waals surface area contributed by atoms with E-state index in [2.05, 4.69) is 5.32 Å². The standard InChI is InChI=1S/C31H39N3O6S/c1-7-27(31(36)32-22(2)3)33(20-24-14-12-11-13-23(24)4)30(35)21-34(41(37,38)26-15-9-8-10-16-26)28-19-25(39-5)17-18-29(28)40-6/h8-19,22,27H,7,20-21H2,1-6H3,(H,32,36)/t27-/m0/s1. The molecule has 3 rings (SSSR count). The minimum Gasteiger partial charge on any atom is -0.497 e. The van der Waals surface area contributed by atoms with Crippen LogP contribution in [0.1, 0.15) is 38.3 Å². The zero-order valence-corrected chi connectivity index (χ0v) is 25.3. The van der Waals surface area contributed by atoms with Crippen molar-refractivity contribution >= 4 is 27.5 Å². The molecular weight excluding hydrogens is 542 g/mol. The molecule has 220 valence electrons. The van der Waals surface area contributed by atoms with E-state index in [0.29, 0.717) is 12.2 Å². The highest BCUT2D eigenvalue weighted by Crippen LogP contribution is 2.36. The molecule has 0 saturated carbocycles. The highest BCUT2D eigenvalue weighted by Gasteiger charge is 2.35. The number of methoxy groups -OCH3 is 2. The number of rotatable bonds is 13. The third-order valence-corrected chi connectivity index (χ3v) is 8.46. The number of nitrogens with one attached hydrogen (secondary N) is 1. The van der Waals surface area contributed by atoms with Crippen LogP contribution in [0.4, 0.5) is 5.69 Å². The molecule has 2 amide bonds. The van der Waals surface area contributed by atoms with Gasteiger partial charge in [0.15, 0.2) is 0 Å². The molecule has 3 aromatic rings. The van der Waals surface area contributed by atoms with Crippen molar-refractivity contribution in [1.82, 2.24) is 10.2 Å². The van der Waals surface area contributed by atoms with Gasteiger partial charge in [-0.2, -0.15) is 0 Å². The Balaban J connectivity index is 2.15. The summed E-state index contributed by atoms with van der Waals surface area (Å²) < 4.78 is 40.0. The predicted octanol–water partition coefficient (Wildman–Crippen LogP) is 4.54. The molecule has 0 aromatic heterocycles. The van der Waals surface area contributed by atoms with Gasteiger partial charge in [-0.15, -0.1) is 0 Å². The van der Waals surface area contributed by atoms with Gasteiger partial charge in [0.25, 0.3) is 10.0 Å². The van der Waals surface area contributed by atoms with Crippen molar-refractivity contribution in [3.05, 3.63) is 83.9 Å². The highest BCUT2D eigenvalue weighted by atomic mass is 32.2. The summed E-state index contributed by atoms with van der Waals surface area (Å²) in [6.07, 6.45) is 0.337. The predicted molar refractivity (Wildman–Crippen MR) is 160 cm³/mol. The first-order valence-electron chi connectivity index (χ1n) is 13.5. The Labute approximate surface area is 243 Å². The number of hydrogen-bond donors (Lipinski definition) is 1. The van der Waals surface area contributed by atoms with Gasteiger partial charge in [-0.3, -0.25) is 13.9 Å². The lowest BCUT2D eigenvalue weighted by Gasteiger charge is -2.34. The van der Waals surface area contributed by atoms with Crippen molar-refractivity contribution in [3.8, 4) is 11.5 Å². The Kier molecular flexibility index (Phi) is 10.8. The summed E-state index contributed by atoms with van der Waals surface area (Å²) in [5.41, 5.74) is 1.94. The van der Waals surface area contributed by atoms with Gasteiger partial charge < -0.3 is 19.7 Å². The largest absolute Gasteiger partial charge is 0.497 e. The summed E-state index contributed by atoms with van der Waals surface area (Å²) >= 11 is 0. The number of carbonyl (C=O) groups excluding carboxylic acids is 2. The maximum absolute atomic E-state index is 14.2. The van der Waals surface area contributed by atoms with Crippen LogP contribution >= 0.6 is 0 Å². The van der Waals surface area contributed by atoms with Crippen LogP contribution in [0.15, 0.2) is 77.7 Å².